The van der Waals surface area contributed by atoms with Gasteiger partial charge in [0.15, 0.2) is 5.78 Å². The second-order valence-corrected chi connectivity index (χ2v) is 4.98. The van der Waals surface area contributed by atoms with Crippen LogP contribution >= 0.6 is 0 Å². The standard InChI is InChI=1S/C13H16N2O/c1-9-2-3-10-11(15-9)8-13(12(10)16)4-6-14-7-5-13/h2-3,14H,4-8H2,1H3. The average Bonchev–Trinajstić information content (AvgIpc) is 2.53. The molecule has 1 saturated heterocycles. The van der Waals surface area contributed by atoms with Crippen LogP contribution < -0.4 is 5.32 Å². The molecule has 84 valence electrons. The van der Waals surface area contributed by atoms with Gasteiger partial charge in [-0.1, -0.05) is 0 Å². The summed E-state index contributed by atoms with van der Waals surface area (Å²) < 4.78 is 0. The van der Waals surface area contributed by atoms with Gasteiger partial charge >= 0.3 is 0 Å². The molecule has 1 N–H and O–H groups in total. The third-order valence-corrected chi connectivity index (χ3v) is 3.91. The summed E-state index contributed by atoms with van der Waals surface area (Å²) in [7, 11) is 0. The zero-order valence-corrected chi connectivity index (χ0v) is 9.55. The molecule has 2 aliphatic rings. The van der Waals surface area contributed by atoms with Crippen LogP contribution in [0.15, 0.2) is 12.1 Å². The molecule has 0 saturated carbocycles. The first-order valence-electron chi connectivity index (χ1n) is 5.93. The van der Waals surface area contributed by atoms with Crippen molar-refractivity contribution in [1.29, 1.82) is 0 Å². The van der Waals surface area contributed by atoms with E-state index in [9.17, 15) is 4.79 Å². The van der Waals surface area contributed by atoms with Crippen molar-refractivity contribution in [2.75, 3.05) is 13.1 Å². The van der Waals surface area contributed by atoms with Crippen molar-refractivity contribution in [1.82, 2.24) is 10.3 Å². The maximum absolute atomic E-state index is 12.4. The second kappa shape index (κ2) is 3.39. The molecule has 1 aliphatic carbocycles. The quantitative estimate of drug-likeness (QED) is 0.714. The number of piperidine rings is 1. The van der Waals surface area contributed by atoms with Crippen molar-refractivity contribution in [3.63, 3.8) is 0 Å². The fourth-order valence-electron chi connectivity index (χ4n) is 2.95. The van der Waals surface area contributed by atoms with Crippen LogP contribution in [0.5, 0.6) is 0 Å². The highest BCUT2D eigenvalue weighted by Gasteiger charge is 2.46. The lowest BCUT2D eigenvalue weighted by Crippen LogP contribution is -2.40. The zero-order valence-electron chi connectivity index (χ0n) is 9.55. The number of fused-ring (bicyclic) bond motifs is 1. The number of pyridine rings is 1. The van der Waals surface area contributed by atoms with Crippen molar-refractivity contribution in [2.45, 2.75) is 26.2 Å². The molecular weight excluding hydrogens is 200 g/mol. The van der Waals surface area contributed by atoms with E-state index < -0.39 is 0 Å². The minimum Gasteiger partial charge on any atom is -0.317 e. The Labute approximate surface area is 95.3 Å². The highest BCUT2D eigenvalue weighted by atomic mass is 16.1. The molecule has 0 bridgehead atoms. The predicted octanol–water partition coefficient (Wildman–Crippen LogP) is 1.50. The summed E-state index contributed by atoms with van der Waals surface area (Å²) in [4.78, 5) is 16.9. The fourth-order valence-corrected chi connectivity index (χ4v) is 2.95. The first kappa shape index (κ1) is 9.97. The molecule has 1 aliphatic heterocycles. The molecule has 16 heavy (non-hydrogen) atoms. The smallest absolute Gasteiger partial charge is 0.171 e. The summed E-state index contributed by atoms with van der Waals surface area (Å²) in [6, 6.07) is 3.90. The van der Waals surface area contributed by atoms with Crippen molar-refractivity contribution in [3.05, 3.63) is 29.1 Å². The van der Waals surface area contributed by atoms with E-state index in [4.69, 9.17) is 0 Å². The van der Waals surface area contributed by atoms with E-state index in [0.717, 1.165) is 49.3 Å². The van der Waals surface area contributed by atoms with Crippen LogP contribution in [-0.4, -0.2) is 23.9 Å². The molecule has 0 aromatic carbocycles. The Bertz CT molecular complexity index is 447. The number of hydrogen-bond acceptors (Lipinski definition) is 3. The van der Waals surface area contributed by atoms with Gasteiger partial charge in [-0.3, -0.25) is 9.78 Å². The number of nitrogens with one attached hydrogen (secondary N) is 1. The zero-order chi connectivity index (χ0) is 11.2. The topological polar surface area (TPSA) is 42.0 Å². The van der Waals surface area contributed by atoms with E-state index in [1.807, 2.05) is 19.1 Å². The Morgan fingerprint density at radius 1 is 1.31 bits per heavy atom. The highest BCUT2D eigenvalue weighted by Crippen LogP contribution is 2.42. The van der Waals surface area contributed by atoms with E-state index in [-0.39, 0.29) is 5.41 Å². The number of carbonyl (C=O) groups excluding carboxylic acids is 1. The van der Waals surface area contributed by atoms with E-state index in [2.05, 4.69) is 10.3 Å². The molecule has 2 heterocycles. The Balaban J connectivity index is 2.02. The molecule has 3 rings (SSSR count). The van der Waals surface area contributed by atoms with E-state index in [0.29, 0.717) is 5.78 Å². The largest absolute Gasteiger partial charge is 0.317 e. The van der Waals surface area contributed by atoms with Gasteiger partial charge in [0.2, 0.25) is 0 Å². The Kier molecular flexibility index (Phi) is 2.11. The van der Waals surface area contributed by atoms with Crippen LogP contribution in [0.25, 0.3) is 0 Å². The van der Waals surface area contributed by atoms with Gasteiger partial charge < -0.3 is 5.32 Å². The van der Waals surface area contributed by atoms with Gasteiger partial charge in [0.05, 0.1) is 5.69 Å². The van der Waals surface area contributed by atoms with Crippen molar-refractivity contribution in [3.8, 4) is 0 Å². The van der Waals surface area contributed by atoms with Gasteiger partial charge in [-0.25, -0.2) is 0 Å². The predicted molar refractivity (Wildman–Crippen MR) is 61.5 cm³/mol. The van der Waals surface area contributed by atoms with Gasteiger partial charge in [-0.2, -0.15) is 0 Å². The third kappa shape index (κ3) is 1.31. The monoisotopic (exact) mass is 216 g/mol. The Morgan fingerprint density at radius 3 is 2.81 bits per heavy atom. The second-order valence-electron chi connectivity index (χ2n) is 4.98. The number of ketones is 1. The Morgan fingerprint density at radius 2 is 2.06 bits per heavy atom. The normalized spacial score (nSPS) is 22.4. The minimum absolute atomic E-state index is 0.131. The van der Waals surface area contributed by atoms with Crippen LogP contribution in [0.2, 0.25) is 0 Å². The molecule has 0 radical (unpaired) electrons. The van der Waals surface area contributed by atoms with Crippen molar-refractivity contribution >= 4 is 5.78 Å². The molecule has 0 unspecified atom stereocenters. The molecule has 1 aromatic heterocycles. The molecule has 1 fully saturated rings. The van der Waals surface area contributed by atoms with Crippen molar-refractivity contribution in [2.24, 2.45) is 5.41 Å². The van der Waals surface area contributed by atoms with Gasteiger partial charge in [0, 0.05) is 23.1 Å². The van der Waals surface area contributed by atoms with Crippen LogP contribution in [0.1, 0.15) is 34.6 Å². The average molecular weight is 216 g/mol. The SMILES string of the molecule is Cc1ccc2c(n1)CC1(CCNCC1)C2=O. The number of nitrogens with zero attached hydrogens (tertiary/aromatic N) is 1. The molecule has 1 spiro atoms. The summed E-state index contributed by atoms with van der Waals surface area (Å²) in [6.07, 6.45) is 2.77. The van der Waals surface area contributed by atoms with Crippen LogP contribution in [0.4, 0.5) is 0 Å². The van der Waals surface area contributed by atoms with Crippen molar-refractivity contribution < 1.29 is 4.79 Å². The van der Waals surface area contributed by atoms with Crippen LogP contribution in [0.3, 0.4) is 0 Å². The van der Waals surface area contributed by atoms with Gasteiger partial charge in [0.25, 0.3) is 0 Å². The first-order valence-corrected chi connectivity index (χ1v) is 5.93. The van der Waals surface area contributed by atoms with E-state index in [1.54, 1.807) is 0 Å². The highest BCUT2D eigenvalue weighted by molar-refractivity contribution is 6.04. The molecule has 1 aromatic rings. The number of hydrogen-bond donors (Lipinski definition) is 1. The molecule has 3 heteroatoms. The van der Waals surface area contributed by atoms with Crippen LogP contribution in [-0.2, 0) is 6.42 Å². The number of aromatic nitrogens is 1. The van der Waals surface area contributed by atoms with E-state index in [1.165, 1.54) is 0 Å². The van der Waals surface area contributed by atoms with Gasteiger partial charge in [-0.15, -0.1) is 0 Å². The summed E-state index contributed by atoms with van der Waals surface area (Å²) in [5, 5.41) is 3.32. The summed E-state index contributed by atoms with van der Waals surface area (Å²) >= 11 is 0. The summed E-state index contributed by atoms with van der Waals surface area (Å²) in [6.45, 7) is 3.90. The lowest BCUT2D eigenvalue weighted by atomic mass is 9.76. The minimum atomic E-state index is -0.131. The number of carbonyl (C=O) groups is 1. The third-order valence-electron chi connectivity index (χ3n) is 3.91. The molecule has 0 amide bonds. The summed E-state index contributed by atoms with van der Waals surface area (Å²) in [5.41, 5.74) is 2.77. The first-order chi connectivity index (χ1) is 7.71. The number of aryl methyl sites for hydroxylation is 1. The summed E-state index contributed by atoms with van der Waals surface area (Å²) in [5.74, 6) is 0.330. The number of Topliss-reactive ketones (excluding diaryl/α,β-unsaturated/α-hetero) is 1. The maximum atomic E-state index is 12.4. The van der Waals surface area contributed by atoms with Crippen LogP contribution in [0, 0.1) is 12.3 Å². The van der Waals surface area contributed by atoms with Gasteiger partial charge in [0.1, 0.15) is 0 Å². The Hall–Kier alpha value is -1.22. The lowest BCUT2D eigenvalue weighted by Gasteiger charge is -2.31. The van der Waals surface area contributed by atoms with E-state index >= 15 is 0 Å². The molecular formula is C13H16N2O. The number of rotatable bonds is 0. The fraction of sp³-hybridized carbons (Fsp3) is 0.538. The molecule has 3 nitrogen and oxygen atoms in total. The van der Waals surface area contributed by atoms with Gasteiger partial charge in [-0.05, 0) is 45.0 Å². The molecule has 0 atom stereocenters. The maximum Gasteiger partial charge on any atom is 0.171 e. The lowest BCUT2D eigenvalue weighted by molar-refractivity contribution is 0.0761.